The van der Waals surface area contributed by atoms with Gasteiger partial charge in [-0.05, 0) is 37.1 Å². The number of nitrogens with zero attached hydrogens (tertiary/aromatic N) is 2. The van der Waals surface area contributed by atoms with Crippen LogP contribution >= 0.6 is 0 Å². The highest BCUT2D eigenvalue weighted by molar-refractivity contribution is 5.91. The highest BCUT2D eigenvalue weighted by Crippen LogP contribution is 2.29. The van der Waals surface area contributed by atoms with E-state index in [0.29, 0.717) is 18.8 Å². The first-order valence-corrected chi connectivity index (χ1v) is 8.84. The zero-order valence-electron chi connectivity index (χ0n) is 14.5. The number of anilines is 1. The summed E-state index contributed by atoms with van der Waals surface area (Å²) in [5, 5.41) is 5.71. The van der Waals surface area contributed by atoms with E-state index < -0.39 is 5.82 Å². The first-order chi connectivity index (χ1) is 13.1. The van der Waals surface area contributed by atoms with Crippen LogP contribution in [0.25, 0.3) is 0 Å². The number of piperidine rings is 1. The molecule has 3 amide bonds. The molecule has 4 heterocycles. The molecule has 27 heavy (non-hydrogen) atoms. The molecule has 7 nitrogen and oxygen atoms in total. The van der Waals surface area contributed by atoms with Gasteiger partial charge >= 0.3 is 6.03 Å². The summed E-state index contributed by atoms with van der Waals surface area (Å²) in [6, 6.07) is 8.91. The standard InChI is InChI=1S/C19H19FN4O3/c20-14-4-1-2-6-16(14)27-18-15(5-3-9-21-18)23-19(26)24-10-12-7-8-13(11-24)22-17(12)25/h1-6,9,12-13H,7-8,10-11H2,(H,22,25)(H,23,26)/t12-,13+/m1/s1. The Bertz CT molecular complexity index is 876. The molecular formula is C19H19FN4O3. The number of urea groups is 1. The van der Waals surface area contributed by atoms with Gasteiger partial charge in [0, 0.05) is 25.3 Å². The molecule has 2 bridgehead atoms. The Morgan fingerprint density at radius 2 is 2.07 bits per heavy atom. The summed E-state index contributed by atoms with van der Waals surface area (Å²) in [4.78, 5) is 30.4. The largest absolute Gasteiger partial charge is 0.434 e. The maximum Gasteiger partial charge on any atom is 0.322 e. The van der Waals surface area contributed by atoms with Crippen molar-refractivity contribution in [2.24, 2.45) is 5.92 Å². The molecule has 8 heteroatoms. The van der Waals surface area contributed by atoms with Gasteiger partial charge < -0.3 is 20.3 Å². The topological polar surface area (TPSA) is 83.6 Å². The van der Waals surface area contributed by atoms with E-state index in [1.807, 2.05) is 0 Å². The minimum absolute atomic E-state index is 0.00602. The lowest BCUT2D eigenvalue weighted by Gasteiger charge is -2.23. The lowest BCUT2D eigenvalue weighted by atomic mass is 9.96. The fraction of sp³-hybridized carbons (Fsp3) is 0.316. The number of carbonyl (C=O) groups excluding carboxylic acids is 2. The van der Waals surface area contributed by atoms with Crippen molar-refractivity contribution in [3.05, 3.63) is 48.4 Å². The summed E-state index contributed by atoms with van der Waals surface area (Å²) in [5.41, 5.74) is 0.335. The number of aromatic nitrogens is 1. The fourth-order valence-electron chi connectivity index (χ4n) is 3.40. The Balaban J connectivity index is 1.50. The fourth-order valence-corrected chi connectivity index (χ4v) is 3.40. The molecule has 3 fully saturated rings. The van der Waals surface area contributed by atoms with E-state index in [1.54, 1.807) is 29.2 Å². The molecule has 2 aromatic rings. The maximum absolute atomic E-state index is 13.8. The van der Waals surface area contributed by atoms with E-state index in [9.17, 15) is 14.0 Å². The number of ether oxygens (including phenoxy) is 1. The number of benzene rings is 1. The number of para-hydroxylation sites is 1. The van der Waals surface area contributed by atoms with Crippen LogP contribution in [0.5, 0.6) is 11.6 Å². The maximum atomic E-state index is 13.8. The minimum Gasteiger partial charge on any atom is -0.434 e. The first-order valence-electron chi connectivity index (χ1n) is 8.84. The van der Waals surface area contributed by atoms with Gasteiger partial charge in [-0.1, -0.05) is 12.1 Å². The highest BCUT2D eigenvalue weighted by Gasteiger charge is 2.36. The van der Waals surface area contributed by atoms with Crippen LogP contribution in [0.4, 0.5) is 14.9 Å². The van der Waals surface area contributed by atoms with Crippen LogP contribution in [0.3, 0.4) is 0 Å². The number of halogens is 1. The van der Waals surface area contributed by atoms with Gasteiger partial charge in [0.2, 0.25) is 11.8 Å². The van der Waals surface area contributed by atoms with Crippen LogP contribution < -0.4 is 15.4 Å². The van der Waals surface area contributed by atoms with Crippen LogP contribution in [-0.4, -0.2) is 41.0 Å². The number of hydrogen-bond donors (Lipinski definition) is 2. The molecule has 3 aliphatic heterocycles. The number of rotatable bonds is 3. The van der Waals surface area contributed by atoms with Gasteiger partial charge in [0.15, 0.2) is 11.6 Å². The normalized spacial score (nSPS) is 21.4. The van der Waals surface area contributed by atoms with Crippen molar-refractivity contribution in [2.75, 3.05) is 18.4 Å². The molecule has 140 valence electrons. The Labute approximate surface area is 155 Å². The Hall–Kier alpha value is -3.16. The number of amides is 3. The third-order valence-corrected chi connectivity index (χ3v) is 4.81. The number of pyridine rings is 1. The SMILES string of the molecule is O=C1N[C@H]2CC[C@@H]1CN(C(=O)Nc1cccnc1Oc1ccccc1F)C2. The van der Waals surface area contributed by atoms with Crippen LogP contribution in [0.15, 0.2) is 42.6 Å². The lowest BCUT2D eigenvalue weighted by Crippen LogP contribution is -2.44. The summed E-state index contributed by atoms with van der Waals surface area (Å²) in [7, 11) is 0. The average molecular weight is 370 g/mol. The third kappa shape index (κ3) is 3.69. The predicted molar refractivity (Wildman–Crippen MR) is 96.0 cm³/mol. The van der Waals surface area contributed by atoms with E-state index in [0.717, 1.165) is 12.8 Å². The lowest BCUT2D eigenvalue weighted by molar-refractivity contribution is -0.126. The van der Waals surface area contributed by atoms with Crippen LogP contribution in [0, 0.1) is 11.7 Å². The summed E-state index contributed by atoms with van der Waals surface area (Å²) in [6.07, 6.45) is 3.16. The third-order valence-electron chi connectivity index (χ3n) is 4.81. The smallest absolute Gasteiger partial charge is 0.322 e. The van der Waals surface area contributed by atoms with Gasteiger partial charge in [0.1, 0.15) is 5.69 Å². The van der Waals surface area contributed by atoms with E-state index in [1.165, 1.54) is 18.3 Å². The Morgan fingerprint density at radius 3 is 2.89 bits per heavy atom. The second kappa shape index (κ2) is 7.22. The van der Waals surface area contributed by atoms with Crippen molar-refractivity contribution in [1.29, 1.82) is 0 Å². The number of carbonyl (C=O) groups is 2. The molecule has 3 aliphatic rings. The molecule has 2 N–H and O–H groups in total. The zero-order valence-corrected chi connectivity index (χ0v) is 14.5. The molecule has 0 saturated carbocycles. The quantitative estimate of drug-likeness (QED) is 0.870. The molecular weight excluding hydrogens is 351 g/mol. The molecule has 2 atom stereocenters. The van der Waals surface area contributed by atoms with Gasteiger partial charge in [0.25, 0.3) is 0 Å². The average Bonchev–Trinajstić information content (AvgIpc) is 2.96. The highest BCUT2D eigenvalue weighted by atomic mass is 19.1. The van der Waals surface area contributed by atoms with Crippen LogP contribution in [0.1, 0.15) is 12.8 Å². The molecule has 0 aliphatic carbocycles. The number of hydrogen-bond acceptors (Lipinski definition) is 4. The predicted octanol–water partition coefficient (Wildman–Crippen LogP) is 2.76. The van der Waals surface area contributed by atoms with Crippen molar-refractivity contribution in [2.45, 2.75) is 18.9 Å². The molecule has 1 aromatic carbocycles. The molecule has 3 saturated heterocycles. The second-order valence-electron chi connectivity index (χ2n) is 6.70. The number of nitrogens with one attached hydrogen (secondary N) is 2. The van der Waals surface area contributed by atoms with E-state index in [2.05, 4.69) is 15.6 Å². The van der Waals surface area contributed by atoms with E-state index >= 15 is 0 Å². The summed E-state index contributed by atoms with van der Waals surface area (Å²) < 4.78 is 19.4. The van der Waals surface area contributed by atoms with Crippen molar-refractivity contribution in [1.82, 2.24) is 15.2 Å². The van der Waals surface area contributed by atoms with Crippen molar-refractivity contribution in [3.63, 3.8) is 0 Å². The zero-order chi connectivity index (χ0) is 18.8. The molecule has 0 spiro atoms. The van der Waals surface area contributed by atoms with Gasteiger partial charge in [-0.15, -0.1) is 0 Å². The van der Waals surface area contributed by atoms with Gasteiger partial charge in [-0.25, -0.2) is 14.2 Å². The van der Waals surface area contributed by atoms with Crippen molar-refractivity contribution in [3.8, 4) is 11.6 Å². The Morgan fingerprint density at radius 1 is 1.22 bits per heavy atom. The van der Waals surface area contributed by atoms with E-state index in [-0.39, 0.29) is 35.5 Å². The molecule has 0 unspecified atom stereocenters. The van der Waals surface area contributed by atoms with Gasteiger partial charge in [-0.3, -0.25) is 4.79 Å². The van der Waals surface area contributed by atoms with Gasteiger partial charge in [0.05, 0.1) is 5.92 Å². The Kier molecular flexibility index (Phi) is 4.62. The number of fused-ring (bicyclic) bond motifs is 4. The first kappa shape index (κ1) is 17.3. The molecule has 1 aromatic heterocycles. The van der Waals surface area contributed by atoms with Gasteiger partial charge in [-0.2, -0.15) is 0 Å². The summed E-state index contributed by atoms with van der Waals surface area (Å²) in [5.74, 6) is -0.574. The van der Waals surface area contributed by atoms with Crippen LogP contribution in [-0.2, 0) is 4.79 Å². The monoisotopic (exact) mass is 370 g/mol. The minimum atomic E-state index is -0.519. The summed E-state index contributed by atoms with van der Waals surface area (Å²) >= 11 is 0. The van der Waals surface area contributed by atoms with Crippen molar-refractivity contribution >= 4 is 17.6 Å². The second-order valence-corrected chi connectivity index (χ2v) is 6.70. The molecule has 0 radical (unpaired) electrons. The van der Waals surface area contributed by atoms with Crippen molar-refractivity contribution < 1.29 is 18.7 Å². The molecule has 5 rings (SSSR count). The summed E-state index contributed by atoms with van der Waals surface area (Å²) in [6.45, 7) is 0.829. The van der Waals surface area contributed by atoms with Crippen LogP contribution in [0.2, 0.25) is 0 Å². The van der Waals surface area contributed by atoms with E-state index in [4.69, 9.17) is 4.74 Å².